The fraction of sp³-hybridized carbons (Fsp3) is 0.444. The second kappa shape index (κ2) is 7.76. The van der Waals surface area contributed by atoms with Crippen LogP contribution in [0.3, 0.4) is 0 Å². The summed E-state index contributed by atoms with van der Waals surface area (Å²) in [5.41, 5.74) is 3.78. The SMILES string of the molecule is CN(CCNc1cc([C@H]2CCOC2)ncn1)Cc1cccc2nonc12. The molecular weight excluding hydrogens is 332 g/mol. The van der Waals surface area contributed by atoms with Crippen molar-refractivity contribution < 1.29 is 9.37 Å². The summed E-state index contributed by atoms with van der Waals surface area (Å²) in [6.07, 6.45) is 2.65. The Morgan fingerprint density at radius 2 is 2.23 bits per heavy atom. The van der Waals surface area contributed by atoms with Gasteiger partial charge in [-0.05, 0) is 35.4 Å². The number of ether oxygens (including phenoxy) is 1. The van der Waals surface area contributed by atoms with Crippen molar-refractivity contribution in [3.8, 4) is 0 Å². The predicted octanol–water partition coefficient (Wildman–Crippen LogP) is 2.06. The second-order valence-corrected chi connectivity index (χ2v) is 6.60. The van der Waals surface area contributed by atoms with E-state index < -0.39 is 0 Å². The Morgan fingerprint density at radius 1 is 1.27 bits per heavy atom. The maximum Gasteiger partial charge on any atom is 0.139 e. The van der Waals surface area contributed by atoms with Crippen molar-refractivity contribution in [1.82, 2.24) is 25.2 Å². The molecule has 26 heavy (non-hydrogen) atoms. The number of hydrogen-bond donors (Lipinski definition) is 1. The first kappa shape index (κ1) is 16.9. The highest BCUT2D eigenvalue weighted by Gasteiger charge is 2.19. The van der Waals surface area contributed by atoms with Gasteiger partial charge in [0, 0.05) is 38.2 Å². The highest BCUT2D eigenvalue weighted by Crippen LogP contribution is 2.24. The van der Waals surface area contributed by atoms with Crippen molar-refractivity contribution in [2.75, 3.05) is 38.7 Å². The molecule has 0 spiro atoms. The molecule has 8 nitrogen and oxygen atoms in total. The molecule has 0 saturated carbocycles. The largest absolute Gasteiger partial charge is 0.381 e. The molecule has 2 aromatic heterocycles. The molecule has 0 aliphatic carbocycles. The van der Waals surface area contributed by atoms with E-state index in [0.717, 1.165) is 67.4 Å². The lowest BCUT2D eigenvalue weighted by atomic mass is 10.1. The number of nitrogens with zero attached hydrogens (tertiary/aromatic N) is 5. The Hall–Kier alpha value is -2.58. The zero-order chi connectivity index (χ0) is 17.8. The maximum atomic E-state index is 5.44. The van der Waals surface area contributed by atoms with Crippen LogP contribution in [0, 0.1) is 0 Å². The summed E-state index contributed by atoms with van der Waals surface area (Å²) in [5, 5.41) is 11.3. The van der Waals surface area contributed by atoms with Crippen LogP contribution in [0.25, 0.3) is 11.0 Å². The van der Waals surface area contributed by atoms with Gasteiger partial charge in [-0.25, -0.2) is 14.6 Å². The van der Waals surface area contributed by atoms with Gasteiger partial charge in [-0.3, -0.25) is 0 Å². The molecule has 136 valence electrons. The highest BCUT2D eigenvalue weighted by molar-refractivity contribution is 5.76. The van der Waals surface area contributed by atoms with E-state index >= 15 is 0 Å². The van der Waals surface area contributed by atoms with Crippen LogP contribution in [-0.4, -0.2) is 58.5 Å². The normalized spacial score (nSPS) is 17.2. The number of nitrogens with one attached hydrogen (secondary N) is 1. The molecule has 3 aromatic rings. The van der Waals surface area contributed by atoms with E-state index in [1.165, 1.54) is 0 Å². The van der Waals surface area contributed by atoms with Crippen molar-refractivity contribution in [3.63, 3.8) is 0 Å². The monoisotopic (exact) mass is 354 g/mol. The summed E-state index contributed by atoms with van der Waals surface area (Å²) in [4.78, 5) is 10.9. The third kappa shape index (κ3) is 3.81. The quantitative estimate of drug-likeness (QED) is 0.690. The zero-order valence-corrected chi connectivity index (χ0v) is 14.8. The van der Waals surface area contributed by atoms with Crippen LogP contribution in [-0.2, 0) is 11.3 Å². The van der Waals surface area contributed by atoms with Crippen molar-refractivity contribution in [1.29, 1.82) is 0 Å². The van der Waals surface area contributed by atoms with Gasteiger partial charge in [0.25, 0.3) is 0 Å². The van der Waals surface area contributed by atoms with E-state index in [0.29, 0.717) is 5.92 Å². The lowest BCUT2D eigenvalue weighted by molar-refractivity contribution is 0.193. The van der Waals surface area contributed by atoms with Crippen LogP contribution < -0.4 is 5.32 Å². The van der Waals surface area contributed by atoms with E-state index in [2.05, 4.69) is 43.6 Å². The molecule has 0 unspecified atom stereocenters. The van der Waals surface area contributed by atoms with E-state index in [1.807, 2.05) is 18.2 Å². The van der Waals surface area contributed by atoms with Crippen LogP contribution in [0.2, 0.25) is 0 Å². The Morgan fingerprint density at radius 3 is 3.12 bits per heavy atom. The van der Waals surface area contributed by atoms with Crippen molar-refractivity contribution in [2.45, 2.75) is 18.9 Å². The fourth-order valence-corrected chi connectivity index (χ4v) is 3.19. The van der Waals surface area contributed by atoms with Crippen LogP contribution in [0.5, 0.6) is 0 Å². The molecule has 0 bridgehead atoms. The van der Waals surface area contributed by atoms with Crippen molar-refractivity contribution in [3.05, 3.63) is 41.9 Å². The lowest BCUT2D eigenvalue weighted by Crippen LogP contribution is -2.25. The number of likely N-dealkylation sites (N-methyl/N-ethyl adjacent to an activating group) is 1. The van der Waals surface area contributed by atoms with E-state index in [9.17, 15) is 0 Å². The predicted molar refractivity (Wildman–Crippen MR) is 96.8 cm³/mol. The summed E-state index contributed by atoms with van der Waals surface area (Å²) in [5.74, 6) is 1.25. The number of benzene rings is 1. The summed E-state index contributed by atoms with van der Waals surface area (Å²) < 4.78 is 10.3. The minimum absolute atomic E-state index is 0.387. The fourth-order valence-electron chi connectivity index (χ4n) is 3.19. The molecule has 1 aliphatic heterocycles. The molecule has 0 radical (unpaired) electrons. The zero-order valence-electron chi connectivity index (χ0n) is 14.8. The van der Waals surface area contributed by atoms with Gasteiger partial charge in [0.2, 0.25) is 0 Å². The first-order chi connectivity index (χ1) is 12.8. The van der Waals surface area contributed by atoms with Crippen LogP contribution >= 0.6 is 0 Å². The minimum Gasteiger partial charge on any atom is -0.381 e. The third-order valence-corrected chi connectivity index (χ3v) is 4.65. The van der Waals surface area contributed by atoms with Gasteiger partial charge in [-0.15, -0.1) is 0 Å². The van der Waals surface area contributed by atoms with Gasteiger partial charge in [0.1, 0.15) is 23.2 Å². The molecular formula is C18H22N6O2. The van der Waals surface area contributed by atoms with Gasteiger partial charge in [-0.2, -0.15) is 0 Å². The number of anilines is 1. The molecule has 1 N–H and O–H groups in total. The molecule has 1 aromatic carbocycles. The molecule has 3 heterocycles. The number of aromatic nitrogens is 4. The minimum atomic E-state index is 0.387. The molecule has 1 atom stereocenters. The molecule has 0 amide bonds. The second-order valence-electron chi connectivity index (χ2n) is 6.60. The van der Waals surface area contributed by atoms with E-state index in [4.69, 9.17) is 9.37 Å². The summed E-state index contributed by atoms with van der Waals surface area (Å²) in [7, 11) is 2.08. The smallest absolute Gasteiger partial charge is 0.139 e. The van der Waals surface area contributed by atoms with Crippen LogP contribution in [0.4, 0.5) is 5.82 Å². The molecule has 1 fully saturated rings. The van der Waals surface area contributed by atoms with E-state index in [1.54, 1.807) is 6.33 Å². The lowest BCUT2D eigenvalue weighted by Gasteiger charge is -2.17. The standard InChI is InChI=1S/C18H22N6O2/c1-24(10-13-3-2-4-15-18(13)23-26-22-15)7-6-19-17-9-16(20-12-21-17)14-5-8-25-11-14/h2-4,9,12,14H,5-8,10-11H2,1H3,(H,19,20,21)/t14-/m0/s1. The summed E-state index contributed by atoms with van der Waals surface area (Å²) >= 11 is 0. The topological polar surface area (TPSA) is 89.2 Å². The highest BCUT2D eigenvalue weighted by atomic mass is 16.6. The average molecular weight is 354 g/mol. The van der Waals surface area contributed by atoms with Gasteiger partial charge >= 0.3 is 0 Å². The van der Waals surface area contributed by atoms with Crippen molar-refractivity contribution in [2.24, 2.45) is 0 Å². The van der Waals surface area contributed by atoms with Gasteiger partial charge in [0.15, 0.2) is 0 Å². The van der Waals surface area contributed by atoms with Gasteiger partial charge in [0.05, 0.1) is 12.3 Å². The van der Waals surface area contributed by atoms with E-state index in [-0.39, 0.29) is 0 Å². The first-order valence-electron chi connectivity index (χ1n) is 8.82. The Labute approximate surface area is 151 Å². The van der Waals surface area contributed by atoms with Crippen LogP contribution in [0.15, 0.2) is 35.2 Å². The summed E-state index contributed by atoms with van der Waals surface area (Å²) in [6, 6.07) is 7.96. The Kier molecular flexibility index (Phi) is 5.03. The van der Waals surface area contributed by atoms with Gasteiger partial charge in [-0.1, -0.05) is 12.1 Å². The van der Waals surface area contributed by atoms with Crippen LogP contribution in [0.1, 0.15) is 23.6 Å². The summed E-state index contributed by atoms with van der Waals surface area (Å²) in [6.45, 7) is 4.01. The number of fused-ring (bicyclic) bond motifs is 1. The van der Waals surface area contributed by atoms with Crippen molar-refractivity contribution >= 4 is 16.9 Å². The number of hydrogen-bond acceptors (Lipinski definition) is 8. The Balaban J connectivity index is 1.30. The van der Waals surface area contributed by atoms with Gasteiger partial charge < -0.3 is 15.0 Å². The maximum absolute atomic E-state index is 5.44. The Bertz CT molecular complexity index is 862. The molecule has 4 rings (SSSR count). The molecule has 1 aliphatic rings. The molecule has 1 saturated heterocycles. The molecule has 8 heteroatoms. The third-order valence-electron chi connectivity index (χ3n) is 4.65. The first-order valence-corrected chi connectivity index (χ1v) is 8.82. The number of rotatable bonds is 7. The average Bonchev–Trinajstić information content (AvgIpc) is 3.34.